The lowest BCUT2D eigenvalue weighted by molar-refractivity contribution is 0.0706. The van der Waals surface area contributed by atoms with Gasteiger partial charge in [0.1, 0.15) is 5.65 Å². The predicted molar refractivity (Wildman–Crippen MR) is 87.2 cm³/mol. The molecular formula is C17H19N5O. The second-order valence-corrected chi connectivity index (χ2v) is 6.16. The van der Waals surface area contributed by atoms with E-state index in [0.29, 0.717) is 11.5 Å². The Bertz CT molecular complexity index is 816. The van der Waals surface area contributed by atoms with Crippen LogP contribution in [0.15, 0.2) is 36.8 Å². The Hall–Kier alpha value is -2.63. The van der Waals surface area contributed by atoms with Crippen LogP contribution in [0.1, 0.15) is 34.8 Å². The first kappa shape index (κ1) is 14.0. The van der Waals surface area contributed by atoms with Gasteiger partial charge in [0.25, 0.3) is 5.91 Å². The second kappa shape index (κ2) is 5.53. The summed E-state index contributed by atoms with van der Waals surface area (Å²) in [7, 11) is 1.83. The number of aromatic amines is 1. The molecule has 6 nitrogen and oxygen atoms in total. The summed E-state index contributed by atoms with van der Waals surface area (Å²) in [4.78, 5) is 22.3. The van der Waals surface area contributed by atoms with E-state index in [1.807, 2.05) is 18.0 Å². The average Bonchev–Trinajstić information content (AvgIpc) is 3.20. The molecule has 4 rings (SSSR count). The van der Waals surface area contributed by atoms with Crippen molar-refractivity contribution in [1.82, 2.24) is 24.6 Å². The molecule has 4 heterocycles. The number of nitrogens with one attached hydrogen (secondary N) is 1. The number of hydrogen-bond donors (Lipinski definition) is 1. The number of likely N-dealkylation sites (tertiary alicyclic amines) is 1. The number of carbonyl (C=O) groups excluding carboxylic acids is 1. The summed E-state index contributed by atoms with van der Waals surface area (Å²) < 4.78 is 1.66. The molecule has 0 aromatic carbocycles. The van der Waals surface area contributed by atoms with Gasteiger partial charge in [-0.05, 0) is 31.0 Å². The minimum absolute atomic E-state index is 0.0667. The van der Waals surface area contributed by atoms with Gasteiger partial charge in [-0.1, -0.05) is 0 Å². The fraction of sp³-hybridized carbons (Fsp3) is 0.353. The Morgan fingerprint density at radius 2 is 2.35 bits per heavy atom. The van der Waals surface area contributed by atoms with E-state index in [2.05, 4.69) is 27.2 Å². The highest BCUT2D eigenvalue weighted by molar-refractivity contribution is 5.93. The first-order valence-electron chi connectivity index (χ1n) is 7.92. The molecule has 0 radical (unpaired) electrons. The monoisotopic (exact) mass is 309 g/mol. The zero-order valence-corrected chi connectivity index (χ0v) is 13.1. The molecule has 1 aliphatic rings. The van der Waals surface area contributed by atoms with Crippen LogP contribution >= 0.6 is 0 Å². The van der Waals surface area contributed by atoms with Crippen LogP contribution in [0.2, 0.25) is 0 Å². The first-order chi connectivity index (χ1) is 11.2. The van der Waals surface area contributed by atoms with Crippen LogP contribution in [0, 0.1) is 0 Å². The lowest BCUT2D eigenvalue weighted by Gasteiger charge is -2.32. The molecule has 118 valence electrons. The van der Waals surface area contributed by atoms with E-state index >= 15 is 0 Å². The first-order valence-corrected chi connectivity index (χ1v) is 7.92. The molecule has 1 amide bonds. The maximum Gasteiger partial charge on any atom is 0.257 e. The molecule has 1 N–H and O–H groups in total. The number of piperidine rings is 1. The minimum Gasteiger partial charge on any atom is -0.343 e. The van der Waals surface area contributed by atoms with Gasteiger partial charge in [0.05, 0.1) is 11.8 Å². The Labute approximate surface area is 134 Å². The standard InChI is InChI=1S/C17H19N5O/c1-21-10-14(9-19-21)17(23)22-7-3-5-13(11-22)15-8-12-4-2-6-18-16(12)20-15/h2,4,6,8-10,13H,3,5,7,11H2,1H3,(H,18,20)/t13-/m1/s1. The Morgan fingerprint density at radius 3 is 3.13 bits per heavy atom. The number of rotatable bonds is 2. The summed E-state index contributed by atoms with van der Waals surface area (Å²) in [5.74, 6) is 0.399. The maximum absolute atomic E-state index is 12.6. The van der Waals surface area contributed by atoms with E-state index in [1.54, 1.807) is 23.3 Å². The van der Waals surface area contributed by atoms with E-state index in [4.69, 9.17) is 0 Å². The third-order valence-electron chi connectivity index (χ3n) is 4.51. The fourth-order valence-corrected chi connectivity index (χ4v) is 3.33. The number of H-pyrrole nitrogens is 1. The van der Waals surface area contributed by atoms with E-state index in [9.17, 15) is 4.79 Å². The molecule has 1 saturated heterocycles. The molecule has 0 saturated carbocycles. The lowest BCUT2D eigenvalue weighted by atomic mass is 9.94. The molecule has 1 aliphatic heterocycles. The number of hydrogen-bond acceptors (Lipinski definition) is 3. The number of aromatic nitrogens is 4. The smallest absolute Gasteiger partial charge is 0.257 e. The van der Waals surface area contributed by atoms with Crippen LogP contribution in [0.3, 0.4) is 0 Å². The largest absolute Gasteiger partial charge is 0.343 e. The Kier molecular flexibility index (Phi) is 3.37. The SMILES string of the molecule is Cn1cc(C(=O)N2CCC[C@@H](c3cc4cccnc4[nH]3)C2)cn1. The van der Waals surface area contributed by atoms with Gasteiger partial charge in [0.2, 0.25) is 0 Å². The van der Waals surface area contributed by atoms with Crippen molar-refractivity contribution < 1.29 is 4.79 Å². The number of amides is 1. The van der Waals surface area contributed by atoms with Crippen LogP contribution in [-0.4, -0.2) is 43.6 Å². The molecular weight excluding hydrogens is 290 g/mol. The van der Waals surface area contributed by atoms with Crippen molar-refractivity contribution in [1.29, 1.82) is 0 Å². The van der Waals surface area contributed by atoms with Crippen LogP contribution in [0.5, 0.6) is 0 Å². The predicted octanol–water partition coefficient (Wildman–Crippen LogP) is 2.32. The van der Waals surface area contributed by atoms with E-state index in [-0.39, 0.29) is 5.91 Å². The molecule has 23 heavy (non-hydrogen) atoms. The van der Waals surface area contributed by atoms with E-state index in [0.717, 1.165) is 37.0 Å². The number of nitrogens with zero attached hydrogens (tertiary/aromatic N) is 4. The van der Waals surface area contributed by atoms with Crippen LogP contribution in [0.25, 0.3) is 11.0 Å². The van der Waals surface area contributed by atoms with Crippen molar-refractivity contribution in [2.75, 3.05) is 13.1 Å². The minimum atomic E-state index is 0.0667. The molecule has 0 unspecified atom stereocenters. The van der Waals surface area contributed by atoms with E-state index in [1.165, 1.54) is 5.69 Å². The third kappa shape index (κ3) is 2.60. The van der Waals surface area contributed by atoms with Gasteiger partial charge >= 0.3 is 0 Å². The second-order valence-electron chi connectivity index (χ2n) is 6.16. The van der Waals surface area contributed by atoms with Crippen molar-refractivity contribution in [3.8, 4) is 0 Å². The Balaban J connectivity index is 1.55. The fourth-order valence-electron chi connectivity index (χ4n) is 3.33. The zero-order valence-electron chi connectivity index (χ0n) is 13.1. The molecule has 3 aromatic heterocycles. The number of carbonyl (C=O) groups is 1. The van der Waals surface area contributed by atoms with Crippen LogP contribution in [-0.2, 0) is 7.05 Å². The zero-order chi connectivity index (χ0) is 15.8. The molecule has 3 aromatic rings. The number of fused-ring (bicyclic) bond motifs is 1. The summed E-state index contributed by atoms with van der Waals surface area (Å²) in [6, 6.07) is 6.16. The molecule has 1 atom stereocenters. The summed E-state index contributed by atoms with van der Waals surface area (Å²) >= 11 is 0. The summed E-state index contributed by atoms with van der Waals surface area (Å²) in [6.07, 6.45) is 7.31. The van der Waals surface area contributed by atoms with Gasteiger partial charge in [-0.25, -0.2) is 4.98 Å². The topological polar surface area (TPSA) is 66.8 Å². The molecule has 0 bridgehead atoms. The summed E-state index contributed by atoms with van der Waals surface area (Å²) in [5, 5.41) is 5.22. The van der Waals surface area contributed by atoms with Gasteiger partial charge < -0.3 is 9.88 Å². The molecule has 6 heteroatoms. The van der Waals surface area contributed by atoms with Gasteiger partial charge in [0.15, 0.2) is 0 Å². The normalized spacial score (nSPS) is 18.5. The third-order valence-corrected chi connectivity index (χ3v) is 4.51. The number of pyridine rings is 1. The van der Waals surface area contributed by atoms with Gasteiger partial charge in [-0.15, -0.1) is 0 Å². The van der Waals surface area contributed by atoms with Gasteiger partial charge in [-0.2, -0.15) is 5.10 Å². The summed E-state index contributed by atoms with van der Waals surface area (Å²) in [5.41, 5.74) is 2.74. The van der Waals surface area contributed by atoms with Crippen molar-refractivity contribution >= 4 is 16.9 Å². The van der Waals surface area contributed by atoms with Gasteiger partial charge in [-0.3, -0.25) is 9.48 Å². The van der Waals surface area contributed by atoms with E-state index < -0.39 is 0 Å². The highest BCUT2D eigenvalue weighted by atomic mass is 16.2. The molecule has 0 spiro atoms. The highest BCUT2D eigenvalue weighted by Crippen LogP contribution is 2.29. The lowest BCUT2D eigenvalue weighted by Crippen LogP contribution is -2.39. The summed E-state index contributed by atoms with van der Waals surface area (Å²) in [6.45, 7) is 1.54. The van der Waals surface area contributed by atoms with Gasteiger partial charge in [0, 0.05) is 49.5 Å². The molecule has 1 fully saturated rings. The van der Waals surface area contributed by atoms with Crippen LogP contribution < -0.4 is 0 Å². The maximum atomic E-state index is 12.6. The Morgan fingerprint density at radius 1 is 1.43 bits per heavy atom. The quantitative estimate of drug-likeness (QED) is 0.790. The molecule has 0 aliphatic carbocycles. The van der Waals surface area contributed by atoms with Crippen molar-refractivity contribution in [2.45, 2.75) is 18.8 Å². The average molecular weight is 309 g/mol. The number of aryl methyl sites for hydroxylation is 1. The van der Waals surface area contributed by atoms with Crippen molar-refractivity contribution in [3.63, 3.8) is 0 Å². The highest BCUT2D eigenvalue weighted by Gasteiger charge is 2.27. The van der Waals surface area contributed by atoms with Crippen molar-refractivity contribution in [3.05, 3.63) is 48.0 Å². The van der Waals surface area contributed by atoms with Crippen LogP contribution in [0.4, 0.5) is 0 Å². The van der Waals surface area contributed by atoms with Crippen molar-refractivity contribution in [2.24, 2.45) is 7.05 Å².